The van der Waals surface area contributed by atoms with E-state index < -0.39 is 0 Å². The van der Waals surface area contributed by atoms with Gasteiger partial charge >= 0.3 is 0 Å². The van der Waals surface area contributed by atoms with Gasteiger partial charge in [0, 0.05) is 30.4 Å². The molecule has 0 saturated heterocycles. The zero-order valence-corrected chi connectivity index (χ0v) is 16.2. The zero-order valence-electron chi connectivity index (χ0n) is 15.4. The molecular weight excluding hydrogens is 332 g/mol. The second kappa shape index (κ2) is 9.53. The molecule has 3 N–H and O–H groups in total. The Balaban J connectivity index is 1.44. The molecule has 2 aliphatic rings. The molecule has 1 fully saturated rings. The fraction of sp³-hybridized carbons (Fsp3) is 0.789. The number of aryl methyl sites for hydroxylation is 3. The number of guanidine groups is 1. The summed E-state index contributed by atoms with van der Waals surface area (Å²) in [7, 11) is 0. The van der Waals surface area contributed by atoms with Crippen LogP contribution in [0, 0.1) is 0 Å². The van der Waals surface area contributed by atoms with Gasteiger partial charge in [-0.2, -0.15) is 0 Å². The summed E-state index contributed by atoms with van der Waals surface area (Å²) >= 11 is 1.92. The molecule has 0 unspecified atom stereocenters. The van der Waals surface area contributed by atoms with Gasteiger partial charge in [0.2, 0.25) is 0 Å². The molecule has 1 heterocycles. The normalized spacial score (nSPS) is 24.0. The summed E-state index contributed by atoms with van der Waals surface area (Å²) in [5, 5.41) is 17.8. The molecular formula is C19H32N4OS. The molecule has 140 valence electrons. The Hall–Kier alpha value is -1.14. The van der Waals surface area contributed by atoms with Gasteiger partial charge in [0.1, 0.15) is 0 Å². The minimum atomic E-state index is -0.110. The average molecular weight is 365 g/mol. The Morgan fingerprint density at radius 1 is 1.24 bits per heavy atom. The molecule has 3 rings (SSSR count). The van der Waals surface area contributed by atoms with Gasteiger partial charge in [0.15, 0.2) is 5.96 Å². The number of hydrogen-bond acceptors (Lipinski definition) is 4. The largest absolute Gasteiger partial charge is 0.393 e. The molecule has 0 radical (unpaired) electrons. The van der Waals surface area contributed by atoms with Crippen molar-refractivity contribution in [2.45, 2.75) is 83.3 Å². The first-order chi connectivity index (χ1) is 12.2. The molecule has 6 heteroatoms. The first-order valence-corrected chi connectivity index (χ1v) is 10.8. The molecule has 0 atom stereocenters. The summed E-state index contributed by atoms with van der Waals surface area (Å²) in [5.41, 5.74) is 1.37. The van der Waals surface area contributed by atoms with E-state index in [0.29, 0.717) is 6.04 Å². The quantitative estimate of drug-likeness (QED) is 0.412. The van der Waals surface area contributed by atoms with Gasteiger partial charge in [0.25, 0.3) is 0 Å². The van der Waals surface area contributed by atoms with Crippen molar-refractivity contribution in [3.05, 3.63) is 15.6 Å². The van der Waals surface area contributed by atoms with E-state index in [2.05, 4.69) is 17.6 Å². The van der Waals surface area contributed by atoms with Gasteiger partial charge in [-0.15, -0.1) is 11.3 Å². The highest BCUT2D eigenvalue weighted by Crippen LogP contribution is 2.27. The number of aliphatic hydroxyl groups excluding tert-OH is 1. The van der Waals surface area contributed by atoms with E-state index in [1.165, 1.54) is 41.3 Å². The van der Waals surface area contributed by atoms with Crippen LogP contribution in [0.3, 0.4) is 0 Å². The number of aromatic nitrogens is 1. The number of nitrogens with zero attached hydrogens (tertiary/aromatic N) is 2. The highest BCUT2D eigenvalue weighted by Gasteiger charge is 2.20. The Morgan fingerprint density at radius 2 is 2.04 bits per heavy atom. The van der Waals surface area contributed by atoms with Crippen molar-refractivity contribution in [2.24, 2.45) is 4.99 Å². The lowest BCUT2D eigenvalue weighted by Gasteiger charge is -2.27. The van der Waals surface area contributed by atoms with Gasteiger partial charge in [-0.1, -0.05) is 0 Å². The first-order valence-electron chi connectivity index (χ1n) is 9.95. The van der Waals surface area contributed by atoms with Crippen molar-refractivity contribution in [2.75, 3.05) is 13.1 Å². The lowest BCUT2D eigenvalue weighted by Crippen LogP contribution is -2.45. The lowest BCUT2D eigenvalue weighted by molar-refractivity contribution is 0.120. The maximum atomic E-state index is 9.63. The van der Waals surface area contributed by atoms with Crippen LogP contribution in [0.4, 0.5) is 0 Å². The second-order valence-electron chi connectivity index (χ2n) is 7.20. The van der Waals surface area contributed by atoms with E-state index in [4.69, 9.17) is 9.98 Å². The van der Waals surface area contributed by atoms with Crippen molar-refractivity contribution in [1.82, 2.24) is 15.6 Å². The summed E-state index contributed by atoms with van der Waals surface area (Å²) < 4.78 is 0. The van der Waals surface area contributed by atoms with Crippen molar-refractivity contribution < 1.29 is 5.11 Å². The lowest BCUT2D eigenvalue weighted by atomic mass is 9.93. The monoisotopic (exact) mass is 364 g/mol. The molecule has 0 aliphatic heterocycles. The third-order valence-electron chi connectivity index (χ3n) is 5.09. The first kappa shape index (κ1) is 18.6. The number of nitrogens with one attached hydrogen (secondary N) is 2. The highest BCUT2D eigenvalue weighted by atomic mass is 32.1. The summed E-state index contributed by atoms with van der Waals surface area (Å²) in [6.07, 6.45) is 10.9. The van der Waals surface area contributed by atoms with Crippen LogP contribution in [-0.2, 0) is 19.3 Å². The number of fused-ring (bicyclic) bond motifs is 1. The van der Waals surface area contributed by atoms with Gasteiger partial charge in [0.05, 0.1) is 16.8 Å². The van der Waals surface area contributed by atoms with Gasteiger partial charge in [-0.3, -0.25) is 4.99 Å². The molecule has 0 bridgehead atoms. The van der Waals surface area contributed by atoms with E-state index in [-0.39, 0.29) is 6.10 Å². The van der Waals surface area contributed by atoms with Crippen LogP contribution in [0.2, 0.25) is 0 Å². The number of aliphatic hydroxyl groups is 1. The number of thiazole rings is 1. The summed E-state index contributed by atoms with van der Waals surface area (Å²) in [5.74, 6) is 0.919. The fourth-order valence-electron chi connectivity index (χ4n) is 3.67. The minimum absolute atomic E-state index is 0.110. The Labute approximate surface area is 155 Å². The average Bonchev–Trinajstić information content (AvgIpc) is 3.03. The Kier molecular flexibility index (Phi) is 7.11. The molecule has 0 amide bonds. The molecule has 1 aromatic heterocycles. The second-order valence-corrected chi connectivity index (χ2v) is 8.37. The molecule has 2 aliphatic carbocycles. The molecule has 1 saturated carbocycles. The van der Waals surface area contributed by atoms with Crippen molar-refractivity contribution >= 4 is 17.3 Å². The molecule has 0 spiro atoms. The van der Waals surface area contributed by atoms with Crippen molar-refractivity contribution in [3.63, 3.8) is 0 Å². The Morgan fingerprint density at radius 3 is 2.80 bits per heavy atom. The van der Waals surface area contributed by atoms with Gasteiger partial charge in [-0.05, 0) is 64.7 Å². The molecule has 5 nitrogen and oxygen atoms in total. The van der Waals surface area contributed by atoms with Gasteiger partial charge < -0.3 is 15.7 Å². The van der Waals surface area contributed by atoms with Crippen LogP contribution in [0.25, 0.3) is 0 Å². The molecule has 1 aromatic rings. The fourth-order valence-corrected chi connectivity index (χ4v) is 4.87. The van der Waals surface area contributed by atoms with Crippen molar-refractivity contribution in [3.8, 4) is 0 Å². The highest BCUT2D eigenvalue weighted by molar-refractivity contribution is 7.11. The van der Waals surface area contributed by atoms with Crippen LogP contribution in [0.5, 0.6) is 0 Å². The zero-order chi connectivity index (χ0) is 17.5. The van der Waals surface area contributed by atoms with E-state index in [0.717, 1.165) is 57.6 Å². The predicted octanol–water partition coefficient (Wildman–Crippen LogP) is 2.81. The smallest absolute Gasteiger partial charge is 0.191 e. The van der Waals surface area contributed by atoms with Crippen molar-refractivity contribution in [1.29, 1.82) is 0 Å². The summed E-state index contributed by atoms with van der Waals surface area (Å²) in [4.78, 5) is 11.1. The molecule has 0 aromatic carbocycles. The van der Waals surface area contributed by atoms with E-state index in [1.54, 1.807) is 0 Å². The van der Waals surface area contributed by atoms with E-state index in [9.17, 15) is 5.11 Å². The topological polar surface area (TPSA) is 69.5 Å². The third-order valence-corrected chi connectivity index (χ3v) is 6.31. The van der Waals surface area contributed by atoms with Gasteiger partial charge in [-0.25, -0.2) is 4.98 Å². The predicted molar refractivity (Wildman–Crippen MR) is 104 cm³/mol. The van der Waals surface area contributed by atoms with Crippen LogP contribution < -0.4 is 10.6 Å². The van der Waals surface area contributed by atoms with Crippen LogP contribution in [0.1, 0.15) is 67.4 Å². The minimum Gasteiger partial charge on any atom is -0.393 e. The number of rotatable bonds is 6. The number of aliphatic imine (C=N–C) groups is 1. The van der Waals surface area contributed by atoms with E-state index >= 15 is 0 Å². The van der Waals surface area contributed by atoms with Crippen LogP contribution >= 0.6 is 11.3 Å². The summed E-state index contributed by atoms with van der Waals surface area (Å²) in [6, 6.07) is 0.437. The maximum Gasteiger partial charge on any atom is 0.191 e. The molecule has 25 heavy (non-hydrogen) atoms. The summed E-state index contributed by atoms with van der Waals surface area (Å²) in [6.45, 7) is 3.80. The van der Waals surface area contributed by atoms with Crippen LogP contribution in [-0.4, -0.2) is 41.3 Å². The van der Waals surface area contributed by atoms with Crippen LogP contribution in [0.15, 0.2) is 4.99 Å². The standard InChI is InChI=1S/C19H32N4OS/c1-2-20-19(22-14-9-11-15(24)12-10-14)21-13-5-8-18-23-16-6-3-4-7-17(16)25-18/h14-15,24H,2-13H2,1H3,(H2,20,21,22). The third kappa shape index (κ3) is 5.68. The SMILES string of the molecule is CCNC(=NCCCc1nc2c(s1)CCCC2)NC1CCC(O)CC1. The van der Waals surface area contributed by atoms with E-state index in [1.807, 2.05) is 11.3 Å². The Bertz CT molecular complexity index is 540. The number of hydrogen-bond donors (Lipinski definition) is 3. The maximum absolute atomic E-state index is 9.63.